The predicted octanol–water partition coefficient (Wildman–Crippen LogP) is 4.40. The number of anilines is 1. The van der Waals surface area contributed by atoms with Crippen LogP contribution in [0.5, 0.6) is 0 Å². The van der Waals surface area contributed by atoms with Crippen molar-refractivity contribution in [3.63, 3.8) is 0 Å². The quantitative estimate of drug-likeness (QED) is 0.314. The normalized spacial score (nSPS) is 10.9. The van der Waals surface area contributed by atoms with E-state index in [1.807, 2.05) is 30.3 Å². The molecule has 1 aromatic heterocycles. The minimum atomic E-state index is -0.760. The molecule has 0 aliphatic rings. The third-order valence-corrected chi connectivity index (χ3v) is 3.69. The van der Waals surface area contributed by atoms with Crippen molar-refractivity contribution in [1.82, 2.24) is 0 Å². The fraction of sp³-hybridized carbons (Fsp3) is 0. The molecule has 0 aliphatic carbocycles. The number of carbonyl (C=O) groups is 1. The van der Waals surface area contributed by atoms with Gasteiger partial charge < -0.3 is 9.73 Å². The number of nitro groups is 1. The fourth-order valence-electron chi connectivity index (χ4n) is 2.41. The first kappa shape index (κ1) is 17.6. The summed E-state index contributed by atoms with van der Waals surface area (Å²) in [4.78, 5) is 22.8. The van der Waals surface area contributed by atoms with Crippen LogP contribution < -0.4 is 5.32 Å². The van der Waals surface area contributed by atoms with E-state index >= 15 is 0 Å². The van der Waals surface area contributed by atoms with E-state index in [1.54, 1.807) is 24.3 Å². The lowest BCUT2D eigenvalue weighted by atomic mass is 10.2. The van der Waals surface area contributed by atoms with Crippen LogP contribution >= 0.6 is 0 Å². The Labute approximate surface area is 154 Å². The van der Waals surface area contributed by atoms with Crippen LogP contribution in [-0.2, 0) is 4.79 Å². The van der Waals surface area contributed by atoms with Crippen LogP contribution in [0.4, 0.5) is 11.4 Å². The Kier molecular flexibility index (Phi) is 5.10. The summed E-state index contributed by atoms with van der Waals surface area (Å²) in [5.41, 5.74) is 0.382. The number of rotatable bonds is 5. The van der Waals surface area contributed by atoms with Gasteiger partial charge in [0.05, 0.1) is 4.92 Å². The average Bonchev–Trinajstić information content (AvgIpc) is 3.15. The number of furan rings is 1. The van der Waals surface area contributed by atoms with Crippen molar-refractivity contribution in [3.05, 3.63) is 88.2 Å². The summed E-state index contributed by atoms with van der Waals surface area (Å²) >= 11 is 0. The maximum atomic E-state index is 12.3. The Balaban J connectivity index is 1.83. The van der Waals surface area contributed by atoms with Gasteiger partial charge in [-0.25, -0.2) is 0 Å². The number of nitriles is 1. The minimum absolute atomic E-state index is 0.0121. The van der Waals surface area contributed by atoms with Crippen LogP contribution in [0.25, 0.3) is 17.4 Å². The van der Waals surface area contributed by atoms with Gasteiger partial charge in [0.25, 0.3) is 11.6 Å². The number of benzene rings is 2. The first-order chi connectivity index (χ1) is 13.1. The highest BCUT2D eigenvalue weighted by atomic mass is 16.6. The molecule has 3 aromatic rings. The van der Waals surface area contributed by atoms with E-state index in [0.29, 0.717) is 11.5 Å². The Morgan fingerprint density at radius 1 is 1.07 bits per heavy atom. The summed E-state index contributed by atoms with van der Waals surface area (Å²) < 4.78 is 5.65. The third kappa shape index (κ3) is 4.08. The topological polar surface area (TPSA) is 109 Å². The summed E-state index contributed by atoms with van der Waals surface area (Å²) in [7, 11) is 0. The predicted molar refractivity (Wildman–Crippen MR) is 99.5 cm³/mol. The number of nitrogens with zero attached hydrogens (tertiary/aromatic N) is 2. The Bertz CT molecular complexity index is 1060. The molecule has 0 spiro atoms. The van der Waals surface area contributed by atoms with E-state index in [-0.39, 0.29) is 16.9 Å². The molecule has 1 heterocycles. The van der Waals surface area contributed by atoms with E-state index in [1.165, 1.54) is 24.3 Å². The molecule has 0 saturated carbocycles. The van der Waals surface area contributed by atoms with Crippen molar-refractivity contribution in [1.29, 1.82) is 5.26 Å². The zero-order chi connectivity index (χ0) is 19.2. The summed E-state index contributed by atoms with van der Waals surface area (Å²) in [5, 5.41) is 22.7. The second-order valence-electron chi connectivity index (χ2n) is 5.47. The highest BCUT2D eigenvalue weighted by Gasteiger charge is 2.17. The van der Waals surface area contributed by atoms with Crippen molar-refractivity contribution < 1.29 is 14.1 Å². The number of para-hydroxylation sites is 2. The number of hydrogen-bond acceptors (Lipinski definition) is 5. The Hall–Kier alpha value is -4.18. The molecule has 1 N–H and O–H groups in total. The number of nitrogens with one attached hydrogen (secondary N) is 1. The van der Waals surface area contributed by atoms with Gasteiger partial charge in [-0.1, -0.05) is 42.5 Å². The van der Waals surface area contributed by atoms with Crippen LogP contribution in [0.15, 0.2) is 76.7 Å². The SMILES string of the molecule is N#CC(=Cc1ccc(-c2ccccc2)o1)C(=O)Nc1ccccc1[N+](=O)[O-]. The van der Waals surface area contributed by atoms with E-state index in [4.69, 9.17) is 4.42 Å². The molecule has 0 fully saturated rings. The smallest absolute Gasteiger partial charge is 0.292 e. The molecule has 132 valence electrons. The van der Waals surface area contributed by atoms with Crippen LogP contribution in [0.2, 0.25) is 0 Å². The largest absolute Gasteiger partial charge is 0.457 e. The van der Waals surface area contributed by atoms with Gasteiger partial charge in [0.15, 0.2) is 0 Å². The number of nitro benzene ring substituents is 1. The zero-order valence-electron chi connectivity index (χ0n) is 14.0. The molecule has 2 aromatic carbocycles. The molecule has 3 rings (SSSR count). The minimum Gasteiger partial charge on any atom is -0.457 e. The average molecular weight is 359 g/mol. The van der Waals surface area contributed by atoms with Crippen molar-refractivity contribution in [2.75, 3.05) is 5.32 Å². The van der Waals surface area contributed by atoms with E-state index in [0.717, 1.165) is 5.56 Å². The molecule has 0 unspecified atom stereocenters. The van der Waals surface area contributed by atoms with Crippen LogP contribution in [0.3, 0.4) is 0 Å². The van der Waals surface area contributed by atoms with E-state index < -0.39 is 10.8 Å². The summed E-state index contributed by atoms with van der Waals surface area (Å²) in [6, 6.07) is 20.2. The summed E-state index contributed by atoms with van der Waals surface area (Å²) in [6.07, 6.45) is 1.29. The van der Waals surface area contributed by atoms with Gasteiger partial charge in [-0.05, 0) is 18.2 Å². The van der Waals surface area contributed by atoms with Gasteiger partial charge in [0.1, 0.15) is 28.9 Å². The summed E-state index contributed by atoms with van der Waals surface area (Å²) in [5.74, 6) is 0.158. The maximum absolute atomic E-state index is 12.3. The maximum Gasteiger partial charge on any atom is 0.292 e. The lowest BCUT2D eigenvalue weighted by molar-refractivity contribution is -0.383. The van der Waals surface area contributed by atoms with Gasteiger partial charge in [-0.3, -0.25) is 14.9 Å². The lowest BCUT2D eigenvalue weighted by Gasteiger charge is -2.04. The molecule has 0 radical (unpaired) electrons. The number of amides is 1. The van der Waals surface area contributed by atoms with Crippen molar-refractivity contribution in [2.45, 2.75) is 0 Å². The lowest BCUT2D eigenvalue weighted by Crippen LogP contribution is -2.14. The molecule has 7 nitrogen and oxygen atoms in total. The van der Waals surface area contributed by atoms with Crippen molar-refractivity contribution in [3.8, 4) is 17.4 Å². The van der Waals surface area contributed by atoms with Crippen LogP contribution in [0, 0.1) is 21.4 Å². The van der Waals surface area contributed by atoms with Gasteiger partial charge in [-0.15, -0.1) is 0 Å². The molecule has 0 bridgehead atoms. The van der Waals surface area contributed by atoms with E-state index in [2.05, 4.69) is 5.32 Å². The van der Waals surface area contributed by atoms with Gasteiger partial charge in [-0.2, -0.15) is 5.26 Å². The highest BCUT2D eigenvalue weighted by molar-refractivity contribution is 6.10. The number of carbonyl (C=O) groups excluding carboxylic acids is 1. The molecule has 7 heteroatoms. The molecule has 0 atom stereocenters. The van der Waals surface area contributed by atoms with Crippen LogP contribution in [-0.4, -0.2) is 10.8 Å². The standard InChI is InChI=1S/C20H13N3O4/c21-13-15(20(24)22-17-8-4-5-9-18(17)23(25)26)12-16-10-11-19(27-16)14-6-2-1-3-7-14/h1-12H,(H,22,24). The van der Waals surface area contributed by atoms with E-state index in [9.17, 15) is 20.2 Å². The van der Waals surface area contributed by atoms with Crippen molar-refractivity contribution in [2.24, 2.45) is 0 Å². The molecule has 27 heavy (non-hydrogen) atoms. The molecule has 0 aliphatic heterocycles. The summed E-state index contributed by atoms with van der Waals surface area (Å²) in [6.45, 7) is 0. The first-order valence-corrected chi connectivity index (χ1v) is 7.90. The molecule has 1 amide bonds. The first-order valence-electron chi connectivity index (χ1n) is 7.90. The molecular weight excluding hydrogens is 346 g/mol. The van der Waals surface area contributed by atoms with Crippen molar-refractivity contribution >= 4 is 23.4 Å². The third-order valence-electron chi connectivity index (χ3n) is 3.69. The second kappa shape index (κ2) is 7.80. The monoisotopic (exact) mass is 359 g/mol. The fourth-order valence-corrected chi connectivity index (χ4v) is 2.41. The number of hydrogen-bond donors (Lipinski definition) is 1. The zero-order valence-corrected chi connectivity index (χ0v) is 14.0. The Morgan fingerprint density at radius 2 is 1.78 bits per heavy atom. The van der Waals surface area contributed by atoms with Gasteiger partial charge >= 0.3 is 0 Å². The highest BCUT2D eigenvalue weighted by Crippen LogP contribution is 2.25. The Morgan fingerprint density at radius 3 is 2.48 bits per heavy atom. The molecular formula is C20H13N3O4. The molecule has 0 saturated heterocycles. The second-order valence-corrected chi connectivity index (χ2v) is 5.47. The van der Waals surface area contributed by atoms with Gasteiger partial charge in [0.2, 0.25) is 0 Å². The van der Waals surface area contributed by atoms with Crippen LogP contribution in [0.1, 0.15) is 5.76 Å². The van der Waals surface area contributed by atoms with Gasteiger partial charge in [0, 0.05) is 17.7 Å².